The van der Waals surface area contributed by atoms with Gasteiger partial charge in [0.05, 0.1) is 35.4 Å². The Labute approximate surface area is 180 Å². The molecule has 2 aromatic rings. The van der Waals surface area contributed by atoms with Crippen LogP contribution in [0.4, 0.5) is 5.69 Å². The van der Waals surface area contributed by atoms with Gasteiger partial charge in [-0.25, -0.2) is 10.6 Å². The van der Waals surface area contributed by atoms with Crippen molar-refractivity contribution in [1.82, 2.24) is 4.72 Å². The lowest BCUT2D eigenvalue weighted by atomic mass is 10.1. The minimum Gasteiger partial charge on any atom is -0.593 e. The summed E-state index contributed by atoms with van der Waals surface area (Å²) in [6.07, 6.45) is 5.21. The summed E-state index contributed by atoms with van der Waals surface area (Å²) in [4.78, 5) is 0. The predicted molar refractivity (Wildman–Crippen MR) is 121 cm³/mol. The molecule has 0 heterocycles. The third-order valence-electron chi connectivity index (χ3n) is 4.83. The Kier molecular flexibility index (Phi) is 7.25. The molecule has 4 N–H and O–H groups in total. The van der Waals surface area contributed by atoms with Crippen molar-refractivity contribution >= 4 is 22.8 Å². The molecular weight excluding hydrogens is 400 g/mol. The second-order valence-corrected chi connectivity index (χ2v) is 8.70. The van der Waals surface area contributed by atoms with Crippen LogP contribution in [0.2, 0.25) is 0 Å². The smallest absolute Gasteiger partial charge is 0.141 e. The topological polar surface area (TPSA) is 107 Å². The molecule has 0 radical (unpaired) electrons. The number of allylic oxidation sites excluding steroid dienone is 1. The third kappa shape index (κ3) is 5.47. The van der Waals surface area contributed by atoms with Crippen LogP contribution in [0.3, 0.4) is 0 Å². The molecule has 160 valence electrons. The first-order valence-corrected chi connectivity index (χ1v) is 10.9. The third-order valence-corrected chi connectivity index (χ3v) is 6.27. The molecule has 0 bridgehead atoms. The number of benzene rings is 2. The maximum absolute atomic E-state index is 11.8. The largest absolute Gasteiger partial charge is 0.593 e. The Morgan fingerprint density at radius 3 is 2.73 bits per heavy atom. The molecule has 30 heavy (non-hydrogen) atoms. The summed E-state index contributed by atoms with van der Waals surface area (Å²) in [7, 11) is 3.39. The van der Waals surface area contributed by atoms with Crippen molar-refractivity contribution in [2.75, 3.05) is 19.2 Å². The van der Waals surface area contributed by atoms with Crippen molar-refractivity contribution < 1.29 is 14.0 Å². The first kappa shape index (κ1) is 22.0. The van der Waals surface area contributed by atoms with Gasteiger partial charge in [-0.3, -0.25) is 0 Å². The van der Waals surface area contributed by atoms with Crippen LogP contribution in [0, 0.1) is 12.3 Å². The van der Waals surface area contributed by atoms with Crippen molar-refractivity contribution in [2.24, 2.45) is 5.84 Å². The lowest BCUT2D eigenvalue weighted by Crippen LogP contribution is -2.26. The molecule has 0 aliphatic heterocycles. The molecule has 1 fully saturated rings. The highest BCUT2D eigenvalue weighted by atomic mass is 32.2. The Morgan fingerprint density at radius 1 is 1.33 bits per heavy atom. The van der Waals surface area contributed by atoms with E-state index in [-0.39, 0.29) is 5.25 Å². The average molecular weight is 429 g/mol. The number of nitrogens with one attached hydrogen (secondary N) is 2. The summed E-state index contributed by atoms with van der Waals surface area (Å²) in [5.41, 5.74) is 3.69. The van der Waals surface area contributed by atoms with Crippen LogP contribution >= 0.6 is 0 Å². The first-order valence-electron chi connectivity index (χ1n) is 9.70. The maximum Gasteiger partial charge on any atom is 0.141 e. The van der Waals surface area contributed by atoms with Crippen molar-refractivity contribution in [3.8, 4) is 11.5 Å². The Bertz CT molecular complexity index is 929. The van der Waals surface area contributed by atoms with Gasteiger partial charge in [0.2, 0.25) is 0 Å². The first-order chi connectivity index (χ1) is 14.4. The lowest BCUT2D eigenvalue weighted by molar-refractivity contribution is 0.295. The van der Waals surface area contributed by atoms with Crippen LogP contribution in [0.5, 0.6) is 11.5 Å². The van der Waals surface area contributed by atoms with Crippen LogP contribution in [-0.4, -0.2) is 29.7 Å². The van der Waals surface area contributed by atoms with Crippen molar-refractivity contribution in [3.63, 3.8) is 0 Å². The maximum atomic E-state index is 11.8. The van der Waals surface area contributed by atoms with Gasteiger partial charge in [-0.2, -0.15) is 0 Å². The lowest BCUT2D eigenvalue weighted by Gasteiger charge is -2.20. The zero-order valence-corrected chi connectivity index (χ0v) is 18.3. The van der Waals surface area contributed by atoms with Gasteiger partial charge >= 0.3 is 0 Å². The molecule has 0 aromatic heterocycles. The molecule has 0 spiro atoms. The van der Waals surface area contributed by atoms with Crippen LogP contribution < -0.4 is 25.0 Å². The van der Waals surface area contributed by atoms with Gasteiger partial charge in [0.25, 0.3) is 0 Å². The molecule has 0 amide bonds. The SMILES string of the molecule is COc1cccc(N(C)N)c1COc1ccc(C(=N)/C=C\N[S+]([O-])C2CC2)cc1C. The van der Waals surface area contributed by atoms with E-state index in [4.69, 9.17) is 20.7 Å². The van der Waals surface area contributed by atoms with Crippen molar-refractivity contribution in [2.45, 2.75) is 31.6 Å². The quantitative estimate of drug-likeness (QED) is 0.232. The predicted octanol–water partition coefficient (Wildman–Crippen LogP) is 3.19. The van der Waals surface area contributed by atoms with E-state index in [1.807, 2.05) is 43.3 Å². The standard InChI is InChI=1S/C22H28N4O3S/c1-15-13-16(19(23)11-12-25-30(27)17-8-9-17)7-10-21(15)29-14-18-20(26(2)24)5-4-6-22(18)28-3/h4-7,10-13,17,23,25H,8-9,14,24H2,1-3H3/b12-11-,23-19?. The number of anilines is 1. The average Bonchev–Trinajstić information content (AvgIpc) is 3.57. The molecule has 1 aliphatic carbocycles. The normalized spacial score (nSPS) is 14.4. The van der Waals surface area contributed by atoms with Gasteiger partial charge in [-0.1, -0.05) is 6.07 Å². The number of hydrogen-bond acceptors (Lipinski definition) is 7. The van der Waals surface area contributed by atoms with Gasteiger partial charge in [-0.05, 0) is 54.5 Å². The van der Waals surface area contributed by atoms with E-state index in [0.29, 0.717) is 18.1 Å². The minimum atomic E-state index is -1.05. The van der Waals surface area contributed by atoms with Crippen molar-refractivity contribution in [3.05, 3.63) is 65.4 Å². The summed E-state index contributed by atoms with van der Waals surface area (Å²) in [5.74, 6) is 7.37. The number of nitrogens with two attached hydrogens (primary N) is 1. The molecule has 0 saturated heterocycles. The van der Waals surface area contributed by atoms with Gasteiger partial charge in [0.1, 0.15) is 23.4 Å². The number of nitrogens with zero attached hydrogens (tertiary/aromatic N) is 1. The monoisotopic (exact) mass is 428 g/mol. The zero-order valence-electron chi connectivity index (χ0n) is 17.5. The van der Waals surface area contributed by atoms with Gasteiger partial charge in [-0.15, -0.1) is 0 Å². The summed E-state index contributed by atoms with van der Waals surface area (Å²) in [5, 5.41) is 10.0. The molecule has 1 unspecified atom stereocenters. The van der Waals surface area contributed by atoms with Crippen LogP contribution in [0.25, 0.3) is 0 Å². The highest BCUT2D eigenvalue weighted by Crippen LogP contribution is 2.30. The van der Waals surface area contributed by atoms with Gasteiger partial charge in [0, 0.05) is 26.1 Å². The fourth-order valence-electron chi connectivity index (χ4n) is 3.01. The van der Waals surface area contributed by atoms with Crippen molar-refractivity contribution in [1.29, 1.82) is 5.41 Å². The summed E-state index contributed by atoms with van der Waals surface area (Å²) < 4.78 is 26.1. The second kappa shape index (κ2) is 9.88. The van der Waals surface area contributed by atoms with E-state index in [0.717, 1.165) is 41.0 Å². The highest BCUT2D eigenvalue weighted by Gasteiger charge is 2.34. The molecule has 2 aromatic carbocycles. The van der Waals surface area contributed by atoms with E-state index in [9.17, 15) is 4.55 Å². The van der Waals surface area contributed by atoms with Crippen LogP contribution in [-0.2, 0) is 18.0 Å². The van der Waals surface area contributed by atoms with E-state index in [2.05, 4.69) is 4.72 Å². The molecule has 1 atom stereocenters. The van der Waals surface area contributed by atoms with Crippen LogP contribution in [0.1, 0.15) is 29.5 Å². The fourth-order valence-corrected chi connectivity index (χ4v) is 3.97. The summed E-state index contributed by atoms with van der Waals surface area (Å²) >= 11 is -1.05. The van der Waals surface area contributed by atoms with Gasteiger partial charge < -0.3 is 24.4 Å². The Hall–Kier alpha value is -2.68. The number of ether oxygens (including phenoxy) is 2. The molecule has 1 aliphatic rings. The zero-order chi connectivity index (χ0) is 21.7. The summed E-state index contributed by atoms with van der Waals surface area (Å²) in [6, 6.07) is 11.3. The molecule has 8 heteroatoms. The Balaban J connectivity index is 1.66. The van der Waals surface area contributed by atoms with E-state index in [1.54, 1.807) is 26.4 Å². The fraction of sp³-hybridized carbons (Fsp3) is 0.318. The van der Waals surface area contributed by atoms with Gasteiger partial charge in [0.15, 0.2) is 0 Å². The summed E-state index contributed by atoms with van der Waals surface area (Å²) in [6.45, 7) is 2.24. The van der Waals surface area contributed by atoms with E-state index >= 15 is 0 Å². The minimum absolute atomic E-state index is 0.255. The number of hydrogen-bond donors (Lipinski definition) is 3. The second-order valence-electron chi connectivity index (χ2n) is 7.20. The number of aryl methyl sites for hydroxylation is 1. The number of rotatable bonds is 10. The molecule has 3 rings (SSSR count). The number of methoxy groups -OCH3 is 1. The van der Waals surface area contributed by atoms with Crippen LogP contribution in [0.15, 0.2) is 48.7 Å². The molecular formula is C22H28N4O3S. The van der Waals surface area contributed by atoms with E-state index in [1.165, 1.54) is 5.01 Å². The molecule has 1 saturated carbocycles. The highest BCUT2D eigenvalue weighted by molar-refractivity contribution is 7.90. The molecule has 7 nitrogen and oxygen atoms in total. The Morgan fingerprint density at radius 2 is 2.10 bits per heavy atom. The van der Waals surface area contributed by atoms with E-state index < -0.39 is 11.4 Å². The number of hydrazine groups is 1.